The average molecular weight is 298 g/mol. The number of thiophene rings is 1. The van der Waals surface area contributed by atoms with Gasteiger partial charge >= 0.3 is 5.97 Å². The highest BCUT2D eigenvalue weighted by molar-refractivity contribution is 7.08. The number of carbonyl (C=O) groups is 1. The van der Waals surface area contributed by atoms with E-state index in [0.717, 1.165) is 27.7 Å². The van der Waals surface area contributed by atoms with Crippen LogP contribution in [-0.4, -0.2) is 22.1 Å². The van der Waals surface area contributed by atoms with Crippen molar-refractivity contribution in [1.82, 2.24) is 10.3 Å². The van der Waals surface area contributed by atoms with Crippen LogP contribution in [-0.2, 0) is 11.2 Å². The molecule has 1 aromatic carbocycles. The Balaban J connectivity index is 1.92. The second kappa shape index (κ2) is 4.72. The molecule has 21 heavy (non-hydrogen) atoms. The fourth-order valence-electron chi connectivity index (χ4n) is 3.10. The van der Waals surface area contributed by atoms with E-state index in [9.17, 15) is 9.90 Å². The van der Waals surface area contributed by atoms with Crippen molar-refractivity contribution in [2.75, 3.05) is 0 Å². The van der Waals surface area contributed by atoms with Gasteiger partial charge in [0.05, 0.1) is 6.04 Å². The number of hydrogen-bond acceptors (Lipinski definition) is 3. The molecular weight excluding hydrogens is 284 g/mol. The van der Waals surface area contributed by atoms with Gasteiger partial charge in [-0.15, -0.1) is 0 Å². The molecule has 4 rings (SSSR count). The van der Waals surface area contributed by atoms with Crippen molar-refractivity contribution in [3.63, 3.8) is 0 Å². The smallest absolute Gasteiger partial charge is 0.321 e. The summed E-state index contributed by atoms with van der Waals surface area (Å²) in [6, 6.07) is 9.48. The summed E-state index contributed by atoms with van der Waals surface area (Å²) < 4.78 is 0. The maximum atomic E-state index is 11.5. The number of nitrogens with one attached hydrogen (secondary N) is 2. The molecule has 2 atom stereocenters. The summed E-state index contributed by atoms with van der Waals surface area (Å²) in [6.07, 6.45) is 0.509. The number of H-pyrrole nitrogens is 1. The summed E-state index contributed by atoms with van der Waals surface area (Å²) in [5, 5.41) is 17.9. The number of benzene rings is 1. The van der Waals surface area contributed by atoms with Crippen molar-refractivity contribution in [3.05, 3.63) is 57.9 Å². The predicted molar refractivity (Wildman–Crippen MR) is 82.7 cm³/mol. The monoisotopic (exact) mass is 298 g/mol. The Bertz CT molecular complexity index is 807. The molecular formula is C16H14N2O2S. The molecule has 2 aromatic heterocycles. The minimum Gasteiger partial charge on any atom is -0.480 e. The molecule has 0 radical (unpaired) electrons. The van der Waals surface area contributed by atoms with Crippen molar-refractivity contribution in [2.24, 2.45) is 0 Å². The number of fused-ring (bicyclic) bond motifs is 3. The summed E-state index contributed by atoms with van der Waals surface area (Å²) in [7, 11) is 0. The lowest BCUT2D eigenvalue weighted by Crippen LogP contribution is -2.44. The van der Waals surface area contributed by atoms with Gasteiger partial charge in [0.15, 0.2) is 0 Å². The number of carboxylic acid groups (broad SMARTS) is 1. The highest BCUT2D eigenvalue weighted by atomic mass is 32.1. The number of aromatic amines is 1. The van der Waals surface area contributed by atoms with Crippen LogP contribution in [0.15, 0.2) is 41.1 Å². The molecule has 106 valence electrons. The fourth-order valence-corrected chi connectivity index (χ4v) is 3.78. The Hall–Kier alpha value is -2.11. The predicted octanol–water partition coefficient (Wildman–Crippen LogP) is 2.92. The van der Waals surface area contributed by atoms with Crippen LogP contribution in [0, 0.1) is 0 Å². The second-order valence-corrected chi connectivity index (χ2v) is 6.09. The lowest BCUT2D eigenvalue weighted by Gasteiger charge is -2.28. The van der Waals surface area contributed by atoms with Crippen LogP contribution >= 0.6 is 11.3 Å². The van der Waals surface area contributed by atoms with Crippen LogP contribution in [0.5, 0.6) is 0 Å². The summed E-state index contributed by atoms with van der Waals surface area (Å²) in [4.78, 5) is 14.9. The first kappa shape index (κ1) is 12.6. The maximum Gasteiger partial charge on any atom is 0.321 e. The van der Waals surface area contributed by atoms with Crippen molar-refractivity contribution >= 4 is 28.2 Å². The van der Waals surface area contributed by atoms with E-state index in [4.69, 9.17) is 0 Å². The van der Waals surface area contributed by atoms with Gasteiger partial charge in [0.1, 0.15) is 6.04 Å². The molecule has 3 N–H and O–H groups in total. The van der Waals surface area contributed by atoms with Crippen molar-refractivity contribution in [2.45, 2.75) is 18.5 Å². The lowest BCUT2D eigenvalue weighted by molar-refractivity contribution is -0.139. The SMILES string of the molecule is O=C(O)C1Cc2c([nH]c3ccccc23)C(c2ccsc2)N1. The van der Waals surface area contributed by atoms with Crippen molar-refractivity contribution < 1.29 is 9.90 Å². The highest BCUT2D eigenvalue weighted by Gasteiger charge is 2.33. The Morgan fingerprint density at radius 1 is 1.29 bits per heavy atom. The van der Waals surface area contributed by atoms with Gasteiger partial charge in [-0.25, -0.2) is 0 Å². The van der Waals surface area contributed by atoms with Gasteiger partial charge in [-0.2, -0.15) is 11.3 Å². The zero-order chi connectivity index (χ0) is 14.4. The third-order valence-electron chi connectivity index (χ3n) is 4.09. The molecule has 0 fully saturated rings. The van der Waals surface area contributed by atoms with E-state index in [2.05, 4.69) is 21.7 Å². The minimum atomic E-state index is -0.800. The zero-order valence-electron chi connectivity index (χ0n) is 11.2. The van der Waals surface area contributed by atoms with Crippen LogP contribution < -0.4 is 5.32 Å². The first-order valence-electron chi connectivity index (χ1n) is 6.84. The molecule has 0 amide bonds. The largest absolute Gasteiger partial charge is 0.480 e. The second-order valence-electron chi connectivity index (χ2n) is 5.31. The topological polar surface area (TPSA) is 65.1 Å². The maximum absolute atomic E-state index is 11.5. The van der Waals surface area contributed by atoms with Gasteiger partial charge in [-0.1, -0.05) is 18.2 Å². The number of para-hydroxylation sites is 1. The summed E-state index contributed by atoms with van der Waals surface area (Å²) in [5.41, 5.74) is 4.38. The molecule has 0 aliphatic carbocycles. The fraction of sp³-hybridized carbons (Fsp3) is 0.188. The molecule has 0 saturated carbocycles. The van der Waals surface area contributed by atoms with E-state index in [1.54, 1.807) is 11.3 Å². The van der Waals surface area contributed by atoms with Crippen LogP contribution in [0.4, 0.5) is 0 Å². The van der Waals surface area contributed by atoms with Gasteiger partial charge in [0, 0.05) is 23.0 Å². The molecule has 2 unspecified atom stereocenters. The zero-order valence-corrected chi connectivity index (χ0v) is 12.0. The summed E-state index contributed by atoms with van der Waals surface area (Å²) in [6.45, 7) is 0. The van der Waals surface area contributed by atoms with Crippen LogP contribution in [0.3, 0.4) is 0 Å². The lowest BCUT2D eigenvalue weighted by atomic mass is 9.91. The first-order valence-corrected chi connectivity index (χ1v) is 7.79. The quantitative estimate of drug-likeness (QED) is 0.681. The van der Waals surface area contributed by atoms with E-state index in [-0.39, 0.29) is 6.04 Å². The molecule has 3 heterocycles. The normalized spacial score (nSPS) is 21.3. The Kier molecular flexibility index (Phi) is 2.83. The minimum absolute atomic E-state index is 0.0894. The Morgan fingerprint density at radius 3 is 2.90 bits per heavy atom. The van der Waals surface area contributed by atoms with Gasteiger partial charge in [-0.3, -0.25) is 10.1 Å². The number of aliphatic carboxylic acids is 1. The van der Waals surface area contributed by atoms with Gasteiger partial charge < -0.3 is 10.1 Å². The average Bonchev–Trinajstić information content (AvgIpc) is 3.13. The standard InChI is InChI=1S/C16H14N2O2S/c19-16(20)13-7-11-10-3-1-2-4-12(10)17-15(11)14(18-13)9-5-6-21-8-9/h1-6,8,13-14,17-18H,7H2,(H,19,20). The van der Waals surface area contributed by atoms with Gasteiger partial charge in [-0.05, 0) is 34.0 Å². The number of rotatable bonds is 2. The molecule has 3 aromatic rings. The Morgan fingerprint density at radius 2 is 2.14 bits per heavy atom. The van der Waals surface area contributed by atoms with Crippen LogP contribution in [0.2, 0.25) is 0 Å². The summed E-state index contributed by atoms with van der Waals surface area (Å²) >= 11 is 1.62. The third kappa shape index (κ3) is 1.97. The molecule has 1 aliphatic rings. The molecule has 0 saturated heterocycles. The highest BCUT2D eigenvalue weighted by Crippen LogP contribution is 2.35. The third-order valence-corrected chi connectivity index (χ3v) is 4.79. The molecule has 4 nitrogen and oxygen atoms in total. The number of hydrogen-bond donors (Lipinski definition) is 3. The van der Waals surface area contributed by atoms with Gasteiger partial charge in [0.2, 0.25) is 0 Å². The van der Waals surface area contributed by atoms with E-state index in [1.165, 1.54) is 0 Å². The molecule has 0 bridgehead atoms. The first-order chi connectivity index (χ1) is 10.2. The Labute approximate surface area is 125 Å². The van der Waals surface area contributed by atoms with E-state index < -0.39 is 12.0 Å². The van der Waals surface area contributed by atoms with Crippen molar-refractivity contribution in [3.8, 4) is 0 Å². The summed E-state index contributed by atoms with van der Waals surface area (Å²) in [5.74, 6) is -0.800. The van der Waals surface area contributed by atoms with Gasteiger partial charge in [0.25, 0.3) is 0 Å². The van der Waals surface area contributed by atoms with E-state index in [1.807, 2.05) is 29.6 Å². The van der Waals surface area contributed by atoms with E-state index >= 15 is 0 Å². The van der Waals surface area contributed by atoms with Crippen LogP contribution in [0.1, 0.15) is 22.9 Å². The van der Waals surface area contributed by atoms with E-state index in [0.29, 0.717) is 6.42 Å². The molecule has 5 heteroatoms. The number of carboxylic acids is 1. The number of aromatic nitrogens is 1. The molecule has 1 aliphatic heterocycles. The molecule has 0 spiro atoms. The van der Waals surface area contributed by atoms with Crippen LogP contribution in [0.25, 0.3) is 10.9 Å². The van der Waals surface area contributed by atoms with Crippen molar-refractivity contribution in [1.29, 1.82) is 0 Å².